The van der Waals surface area contributed by atoms with Crippen LogP contribution in [-0.2, 0) is 32.0 Å². The SMILES string of the molecule is CC(C)CC(NC(=O)C(Cc1cnc[nH]1)NC(=O)C(C)NC(=O)C(N)Cc1ccccc1)C(=O)O. The van der Waals surface area contributed by atoms with E-state index in [1.165, 1.54) is 19.4 Å². The smallest absolute Gasteiger partial charge is 0.326 e. The first-order valence-electron chi connectivity index (χ1n) is 11.5. The number of carboxylic acid groups (broad SMARTS) is 1. The third-order valence-electron chi connectivity index (χ3n) is 5.32. The number of aliphatic carboxylic acids is 1. The number of H-pyrrole nitrogens is 1. The van der Waals surface area contributed by atoms with Gasteiger partial charge in [-0.2, -0.15) is 0 Å². The molecule has 0 aliphatic carbocycles. The fraction of sp³-hybridized carbons (Fsp3) is 0.458. The largest absolute Gasteiger partial charge is 0.480 e. The summed E-state index contributed by atoms with van der Waals surface area (Å²) < 4.78 is 0. The summed E-state index contributed by atoms with van der Waals surface area (Å²) in [4.78, 5) is 56.6. The summed E-state index contributed by atoms with van der Waals surface area (Å²) in [5, 5.41) is 17.1. The molecular formula is C24H34N6O5. The average molecular weight is 487 g/mol. The number of aromatic nitrogens is 2. The van der Waals surface area contributed by atoms with Crippen molar-refractivity contribution in [3.63, 3.8) is 0 Å². The van der Waals surface area contributed by atoms with Gasteiger partial charge in [0.25, 0.3) is 0 Å². The van der Waals surface area contributed by atoms with E-state index in [0.717, 1.165) is 5.56 Å². The second-order valence-corrected chi connectivity index (χ2v) is 8.90. The molecule has 11 nitrogen and oxygen atoms in total. The van der Waals surface area contributed by atoms with Crippen LogP contribution in [0.25, 0.3) is 0 Å². The Kier molecular flexibility index (Phi) is 10.4. The summed E-state index contributed by atoms with van der Waals surface area (Å²) in [5.74, 6) is -2.89. The number of nitrogens with two attached hydrogens (primary N) is 1. The Morgan fingerprint density at radius 3 is 2.17 bits per heavy atom. The zero-order valence-electron chi connectivity index (χ0n) is 20.2. The Morgan fingerprint density at radius 2 is 1.60 bits per heavy atom. The molecule has 0 bridgehead atoms. The minimum absolute atomic E-state index is 0.0346. The molecule has 190 valence electrons. The van der Waals surface area contributed by atoms with Crippen LogP contribution in [0.3, 0.4) is 0 Å². The maximum Gasteiger partial charge on any atom is 0.326 e. The second-order valence-electron chi connectivity index (χ2n) is 8.90. The molecule has 0 radical (unpaired) electrons. The van der Waals surface area contributed by atoms with Crippen LogP contribution in [-0.4, -0.2) is 62.9 Å². The third kappa shape index (κ3) is 9.20. The quantitative estimate of drug-likeness (QED) is 0.233. The van der Waals surface area contributed by atoms with Crippen molar-refractivity contribution in [1.29, 1.82) is 0 Å². The number of rotatable bonds is 13. The predicted molar refractivity (Wildman–Crippen MR) is 129 cm³/mol. The summed E-state index contributed by atoms with van der Waals surface area (Å²) in [5.41, 5.74) is 7.44. The van der Waals surface area contributed by atoms with Crippen LogP contribution in [0.5, 0.6) is 0 Å². The summed E-state index contributed by atoms with van der Waals surface area (Å²) in [6, 6.07) is 5.23. The number of nitrogens with one attached hydrogen (secondary N) is 4. The number of nitrogens with zero attached hydrogens (tertiary/aromatic N) is 1. The van der Waals surface area contributed by atoms with E-state index in [0.29, 0.717) is 12.1 Å². The van der Waals surface area contributed by atoms with Gasteiger partial charge in [0.2, 0.25) is 17.7 Å². The lowest BCUT2D eigenvalue weighted by Crippen LogP contribution is -2.57. The molecule has 1 aromatic carbocycles. The average Bonchev–Trinajstić information content (AvgIpc) is 3.31. The Bertz CT molecular complexity index is 980. The van der Waals surface area contributed by atoms with E-state index in [1.807, 2.05) is 44.2 Å². The highest BCUT2D eigenvalue weighted by atomic mass is 16.4. The van der Waals surface area contributed by atoms with E-state index in [9.17, 15) is 24.3 Å². The van der Waals surface area contributed by atoms with Gasteiger partial charge in [-0.15, -0.1) is 0 Å². The minimum Gasteiger partial charge on any atom is -0.480 e. The molecule has 0 saturated heterocycles. The van der Waals surface area contributed by atoms with Crippen LogP contribution in [0, 0.1) is 5.92 Å². The van der Waals surface area contributed by atoms with E-state index in [2.05, 4.69) is 25.9 Å². The zero-order valence-corrected chi connectivity index (χ0v) is 20.2. The van der Waals surface area contributed by atoms with Crippen molar-refractivity contribution in [2.45, 2.75) is 64.2 Å². The molecule has 3 amide bonds. The highest BCUT2D eigenvalue weighted by molar-refractivity contribution is 5.94. The van der Waals surface area contributed by atoms with E-state index in [-0.39, 0.29) is 18.8 Å². The number of hydrogen-bond acceptors (Lipinski definition) is 6. The van der Waals surface area contributed by atoms with E-state index in [1.54, 1.807) is 0 Å². The number of imidazole rings is 1. The molecule has 4 atom stereocenters. The van der Waals surface area contributed by atoms with Crippen LogP contribution in [0.15, 0.2) is 42.9 Å². The van der Waals surface area contributed by atoms with Crippen molar-refractivity contribution in [3.8, 4) is 0 Å². The summed E-state index contributed by atoms with van der Waals surface area (Å²) >= 11 is 0. The molecule has 0 fully saturated rings. The first-order valence-corrected chi connectivity index (χ1v) is 11.5. The number of carboxylic acids is 1. The van der Waals surface area contributed by atoms with E-state index < -0.39 is 47.9 Å². The number of hydrogen-bond donors (Lipinski definition) is 6. The first-order chi connectivity index (χ1) is 16.6. The molecule has 2 rings (SSSR count). The molecule has 4 unspecified atom stereocenters. The van der Waals surface area contributed by atoms with Crippen LogP contribution in [0.1, 0.15) is 38.4 Å². The molecule has 11 heteroatoms. The van der Waals surface area contributed by atoms with Crippen molar-refractivity contribution < 1.29 is 24.3 Å². The number of carbonyl (C=O) groups is 4. The number of aromatic amines is 1. The molecule has 2 aromatic rings. The summed E-state index contributed by atoms with van der Waals surface area (Å²) in [6.07, 6.45) is 3.53. The van der Waals surface area contributed by atoms with Crippen molar-refractivity contribution in [3.05, 3.63) is 54.1 Å². The molecule has 1 heterocycles. The van der Waals surface area contributed by atoms with Crippen molar-refractivity contribution in [1.82, 2.24) is 25.9 Å². The van der Waals surface area contributed by atoms with Gasteiger partial charge in [0.05, 0.1) is 12.4 Å². The topological polar surface area (TPSA) is 179 Å². The molecule has 1 aromatic heterocycles. The van der Waals surface area contributed by atoms with Crippen LogP contribution < -0.4 is 21.7 Å². The second kappa shape index (κ2) is 13.2. The zero-order chi connectivity index (χ0) is 26.0. The van der Waals surface area contributed by atoms with Crippen molar-refractivity contribution in [2.24, 2.45) is 11.7 Å². The van der Waals surface area contributed by atoms with Gasteiger partial charge in [-0.25, -0.2) is 9.78 Å². The Labute approximate surface area is 204 Å². The van der Waals surface area contributed by atoms with Gasteiger partial charge in [-0.05, 0) is 31.2 Å². The van der Waals surface area contributed by atoms with Gasteiger partial charge in [0, 0.05) is 18.3 Å². The van der Waals surface area contributed by atoms with E-state index in [4.69, 9.17) is 5.73 Å². The van der Waals surface area contributed by atoms with Crippen LogP contribution in [0.2, 0.25) is 0 Å². The molecule has 0 aliphatic rings. The lowest BCUT2D eigenvalue weighted by atomic mass is 10.0. The lowest BCUT2D eigenvalue weighted by Gasteiger charge is -2.24. The maximum atomic E-state index is 12.9. The molecule has 0 aliphatic heterocycles. The third-order valence-corrected chi connectivity index (χ3v) is 5.32. The summed E-state index contributed by atoms with van der Waals surface area (Å²) in [7, 11) is 0. The predicted octanol–water partition coefficient (Wildman–Crippen LogP) is 0.127. The monoisotopic (exact) mass is 486 g/mol. The van der Waals surface area contributed by atoms with Gasteiger partial charge >= 0.3 is 5.97 Å². The molecule has 35 heavy (non-hydrogen) atoms. The minimum atomic E-state index is -1.16. The van der Waals surface area contributed by atoms with Crippen molar-refractivity contribution >= 4 is 23.7 Å². The van der Waals surface area contributed by atoms with Gasteiger partial charge in [0.15, 0.2) is 0 Å². The number of amides is 3. The van der Waals surface area contributed by atoms with Crippen LogP contribution in [0.4, 0.5) is 0 Å². The van der Waals surface area contributed by atoms with Crippen molar-refractivity contribution in [2.75, 3.05) is 0 Å². The van der Waals surface area contributed by atoms with Gasteiger partial charge in [-0.1, -0.05) is 44.2 Å². The molecular weight excluding hydrogens is 452 g/mol. The Balaban J connectivity index is 2.03. The Morgan fingerprint density at radius 1 is 0.943 bits per heavy atom. The Hall–Kier alpha value is -3.73. The lowest BCUT2D eigenvalue weighted by molar-refractivity contribution is -0.142. The summed E-state index contributed by atoms with van der Waals surface area (Å²) in [6.45, 7) is 5.17. The van der Waals surface area contributed by atoms with Gasteiger partial charge in [-0.3, -0.25) is 14.4 Å². The molecule has 0 saturated carbocycles. The highest BCUT2D eigenvalue weighted by Crippen LogP contribution is 2.07. The van der Waals surface area contributed by atoms with Gasteiger partial charge in [0.1, 0.15) is 18.1 Å². The number of benzene rings is 1. The van der Waals surface area contributed by atoms with E-state index >= 15 is 0 Å². The highest BCUT2D eigenvalue weighted by Gasteiger charge is 2.29. The van der Waals surface area contributed by atoms with Gasteiger partial charge < -0.3 is 31.8 Å². The van der Waals surface area contributed by atoms with Crippen LogP contribution >= 0.6 is 0 Å². The molecule has 0 spiro atoms. The normalized spacial score (nSPS) is 14.4. The number of carbonyl (C=O) groups excluding carboxylic acids is 3. The maximum absolute atomic E-state index is 12.9. The first kappa shape index (κ1) is 27.5. The fourth-order valence-corrected chi connectivity index (χ4v) is 3.43. The standard InChI is InChI=1S/C24H34N6O5/c1-14(2)9-20(24(34)35)30-23(33)19(11-17-12-26-13-27-17)29-21(31)15(3)28-22(32)18(25)10-16-7-5-4-6-8-16/h4-8,12-15,18-20H,9-11,25H2,1-3H3,(H,26,27)(H,28,32)(H,29,31)(H,30,33)(H,34,35). The fourth-order valence-electron chi connectivity index (χ4n) is 3.43. The molecule has 7 N–H and O–H groups in total.